The predicted molar refractivity (Wildman–Crippen MR) is 64.7 cm³/mol. The Morgan fingerprint density at radius 3 is 2.69 bits per heavy atom. The zero-order valence-electron chi connectivity index (χ0n) is 9.68. The van der Waals surface area contributed by atoms with Crippen LogP contribution in [0.25, 0.3) is 0 Å². The smallest absolute Gasteiger partial charge is 0.156 e. The summed E-state index contributed by atoms with van der Waals surface area (Å²) >= 11 is 0. The van der Waals surface area contributed by atoms with Gasteiger partial charge in [-0.1, -0.05) is 6.07 Å². The van der Waals surface area contributed by atoms with E-state index in [-0.39, 0.29) is 17.5 Å². The fraction of sp³-hybridized carbons (Fsp3) is 0.545. The van der Waals surface area contributed by atoms with Gasteiger partial charge in [-0.3, -0.25) is 4.98 Å². The average Bonchev–Trinajstić information content (AvgIpc) is 2.14. The van der Waals surface area contributed by atoms with Crippen molar-refractivity contribution in [3.63, 3.8) is 0 Å². The second-order valence-electron chi connectivity index (χ2n) is 4.13. The van der Waals surface area contributed by atoms with Crippen molar-refractivity contribution in [1.82, 2.24) is 4.98 Å². The molecule has 0 spiro atoms. The Morgan fingerprint density at radius 1 is 1.44 bits per heavy atom. The maximum absolute atomic E-state index is 11.7. The van der Waals surface area contributed by atoms with Gasteiger partial charge in [-0.2, -0.15) is 0 Å². The number of nitrogens with zero attached hydrogens (tertiary/aromatic N) is 1. The summed E-state index contributed by atoms with van der Waals surface area (Å²) in [5, 5.41) is 0. The Labute approximate surface area is 96.8 Å². The van der Waals surface area contributed by atoms with Crippen molar-refractivity contribution < 1.29 is 8.42 Å². The third kappa shape index (κ3) is 4.72. The molecular formula is C11H18N2O2S. The highest BCUT2D eigenvalue weighted by Gasteiger charge is 2.13. The molecule has 2 N–H and O–H groups in total. The Bertz CT molecular complexity index is 441. The molecular weight excluding hydrogens is 224 g/mol. The lowest BCUT2D eigenvalue weighted by Gasteiger charge is -2.06. The predicted octanol–water partition coefficient (Wildman–Crippen LogP) is 1.04. The largest absolute Gasteiger partial charge is 0.328 e. The summed E-state index contributed by atoms with van der Waals surface area (Å²) in [6.45, 7) is 3.65. The Hall–Kier alpha value is -0.940. The van der Waals surface area contributed by atoms with E-state index in [1.165, 1.54) is 0 Å². The first-order valence-corrected chi connectivity index (χ1v) is 7.10. The fourth-order valence-electron chi connectivity index (χ4n) is 1.34. The summed E-state index contributed by atoms with van der Waals surface area (Å²) in [5.74, 6) is 0.127. The number of hydrogen-bond acceptors (Lipinski definition) is 4. The minimum atomic E-state index is -3.09. The number of rotatable bonds is 5. The van der Waals surface area contributed by atoms with Gasteiger partial charge in [0.05, 0.1) is 17.2 Å². The molecule has 0 radical (unpaired) electrons. The van der Waals surface area contributed by atoms with Crippen LogP contribution in [0.4, 0.5) is 0 Å². The van der Waals surface area contributed by atoms with Crippen molar-refractivity contribution in [2.24, 2.45) is 5.73 Å². The number of aryl methyl sites for hydroxylation is 1. The van der Waals surface area contributed by atoms with Gasteiger partial charge in [-0.05, 0) is 32.4 Å². The van der Waals surface area contributed by atoms with E-state index in [2.05, 4.69) is 4.98 Å². The van der Waals surface area contributed by atoms with Crippen LogP contribution in [0.2, 0.25) is 0 Å². The molecule has 1 heterocycles. The summed E-state index contributed by atoms with van der Waals surface area (Å²) in [6, 6.07) is 5.31. The van der Waals surface area contributed by atoms with Gasteiger partial charge in [0.15, 0.2) is 9.84 Å². The molecule has 1 aromatic rings. The molecule has 0 aliphatic heterocycles. The summed E-state index contributed by atoms with van der Waals surface area (Å²) < 4.78 is 23.4. The zero-order valence-corrected chi connectivity index (χ0v) is 10.5. The van der Waals surface area contributed by atoms with E-state index < -0.39 is 9.84 Å². The van der Waals surface area contributed by atoms with E-state index in [0.29, 0.717) is 12.1 Å². The van der Waals surface area contributed by atoms with E-state index in [0.717, 1.165) is 5.69 Å². The average molecular weight is 242 g/mol. The molecule has 1 aromatic heterocycles. The third-order valence-electron chi connectivity index (χ3n) is 2.20. The van der Waals surface area contributed by atoms with Crippen LogP contribution in [0.3, 0.4) is 0 Å². The summed E-state index contributed by atoms with van der Waals surface area (Å²) in [7, 11) is -3.09. The first-order valence-electron chi connectivity index (χ1n) is 5.27. The third-order valence-corrected chi connectivity index (χ3v) is 3.79. The highest BCUT2D eigenvalue weighted by molar-refractivity contribution is 7.90. The topological polar surface area (TPSA) is 73.0 Å². The highest BCUT2D eigenvalue weighted by Crippen LogP contribution is 2.06. The first-order chi connectivity index (χ1) is 7.39. The molecule has 5 heteroatoms. The van der Waals surface area contributed by atoms with Crippen LogP contribution in [-0.4, -0.2) is 25.2 Å². The van der Waals surface area contributed by atoms with Crippen LogP contribution in [0.5, 0.6) is 0 Å². The van der Waals surface area contributed by atoms with Crippen LogP contribution in [0, 0.1) is 6.92 Å². The van der Waals surface area contributed by atoms with Gasteiger partial charge in [0, 0.05) is 11.7 Å². The monoisotopic (exact) mass is 242 g/mol. The number of nitrogens with two attached hydrogens (primary N) is 1. The van der Waals surface area contributed by atoms with Crippen molar-refractivity contribution in [1.29, 1.82) is 0 Å². The van der Waals surface area contributed by atoms with Gasteiger partial charge in [-0.15, -0.1) is 0 Å². The molecule has 0 bridgehead atoms. The number of aromatic nitrogens is 1. The van der Waals surface area contributed by atoms with Crippen LogP contribution >= 0.6 is 0 Å². The maximum Gasteiger partial charge on any atom is 0.156 e. The lowest BCUT2D eigenvalue weighted by molar-refractivity contribution is 0.586. The van der Waals surface area contributed by atoms with Gasteiger partial charge in [0.25, 0.3) is 0 Å². The second-order valence-corrected chi connectivity index (χ2v) is 6.31. The van der Waals surface area contributed by atoms with E-state index in [1.54, 1.807) is 13.0 Å². The molecule has 0 saturated heterocycles. The molecule has 0 amide bonds. The lowest BCUT2D eigenvalue weighted by Crippen LogP contribution is -2.21. The quantitative estimate of drug-likeness (QED) is 0.837. The zero-order chi connectivity index (χ0) is 12.2. The Balaban J connectivity index is 2.66. The van der Waals surface area contributed by atoms with Crippen molar-refractivity contribution in [2.45, 2.75) is 32.1 Å². The normalized spacial score (nSPS) is 13.7. The van der Waals surface area contributed by atoms with E-state index >= 15 is 0 Å². The van der Waals surface area contributed by atoms with Crippen molar-refractivity contribution in [3.05, 3.63) is 29.6 Å². The Kier molecular flexibility index (Phi) is 4.44. The van der Waals surface area contributed by atoms with Crippen molar-refractivity contribution in [2.75, 3.05) is 5.75 Å². The first kappa shape index (κ1) is 13.1. The maximum atomic E-state index is 11.7. The van der Waals surface area contributed by atoms with E-state index in [9.17, 15) is 8.42 Å². The minimum absolute atomic E-state index is 0.00139. The molecule has 0 saturated carbocycles. The second kappa shape index (κ2) is 5.41. The molecule has 1 rings (SSSR count). The van der Waals surface area contributed by atoms with Crippen molar-refractivity contribution >= 4 is 9.84 Å². The fourth-order valence-corrected chi connectivity index (χ4v) is 2.83. The SMILES string of the molecule is Cc1cccc(CS(=O)(=O)CCC(C)N)n1. The Morgan fingerprint density at radius 2 is 2.12 bits per heavy atom. The van der Waals surface area contributed by atoms with E-state index in [1.807, 2.05) is 19.1 Å². The van der Waals surface area contributed by atoms with E-state index in [4.69, 9.17) is 5.73 Å². The highest BCUT2D eigenvalue weighted by atomic mass is 32.2. The lowest BCUT2D eigenvalue weighted by atomic mass is 10.3. The van der Waals surface area contributed by atoms with Crippen molar-refractivity contribution in [3.8, 4) is 0 Å². The molecule has 4 nitrogen and oxygen atoms in total. The summed E-state index contributed by atoms with van der Waals surface area (Å²) in [6.07, 6.45) is 0.494. The molecule has 90 valence electrons. The van der Waals surface area contributed by atoms with Crippen LogP contribution in [0.1, 0.15) is 24.7 Å². The van der Waals surface area contributed by atoms with Crippen LogP contribution in [0.15, 0.2) is 18.2 Å². The summed E-state index contributed by atoms with van der Waals surface area (Å²) in [4.78, 5) is 4.18. The molecule has 0 aliphatic rings. The molecule has 0 fully saturated rings. The van der Waals surface area contributed by atoms with Crippen LogP contribution in [-0.2, 0) is 15.6 Å². The summed E-state index contributed by atoms with van der Waals surface area (Å²) in [5.41, 5.74) is 6.97. The van der Waals surface area contributed by atoms with Gasteiger partial charge in [-0.25, -0.2) is 8.42 Å². The minimum Gasteiger partial charge on any atom is -0.328 e. The molecule has 1 unspecified atom stereocenters. The van der Waals surface area contributed by atoms with Gasteiger partial charge in [0.2, 0.25) is 0 Å². The molecule has 16 heavy (non-hydrogen) atoms. The molecule has 1 atom stereocenters. The van der Waals surface area contributed by atoms with Crippen LogP contribution < -0.4 is 5.73 Å². The molecule has 0 aromatic carbocycles. The van der Waals surface area contributed by atoms with Gasteiger partial charge < -0.3 is 5.73 Å². The number of sulfone groups is 1. The standard InChI is InChI=1S/C11H18N2O2S/c1-9(12)6-7-16(14,15)8-11-5-3-4-10(2)13-11/h3-5,9H,6-8,12H2,1-2H3. The molecule has 0 aliphatic carbocycles. The van der Waals surface area contributed by atoms with Gasteiger partial charge in [0.1, 0.15) is 0 Å². The number of pyridine rings is 1. The van der Waals surface area contributed by atoms with Gasteiger partial charge >= 0.3 is 0 Å². The number of hydrogen-bond donors (Lipinski definition) is 1.